The van der Waals surface area contributed by atoms with E-state index in [2.05, 4.69) is 50.4 Å². The van der Waals surface area contributed by atoms with E-state index in [1.165, 1.54) is 30.3 Å². The zero-order valence-corrected chi connectivity index (χ0v) is 38.0. The lowest BCUT2D eigenvalue weighted by molar-refractivity contribution is -0.432. The number of nitrogens with one attached hydrogen (secondary N) is 1. The third kappa shape index (κ3) is 11.0. The van der Waals surface area contributed by atoms with E-state index < -0.39 is 26.1 Å². The first kappa shape index (κ1) is 47.7. The van der Waals surface area contributed by atoms with E-state index in [1.54, 1.807) is 73.7 Å². The number of aromatic hydroxyl groups is 1. The topological polar surface area (TPSA) is 285 Å². The molecular formula is C44H33N7O13S4. The van der Waals surface area contributed by atoms with E-state index in [-0.39, 0.29) is 61.4 Å². The number of phenolic OH excluding ortho intramolecular Hbond substituents is 1. The summed E-state index contributed by atoms with van der Waals surface area (Å²) in [5.41, 5.74) is 2.56. The molecule has 0 aliphatic heterocycles. The van der Waals surface area contributed by atoms with Gasteiger partial charge in [-0.1, -0.05) is 46.5 Å². The molecule has 20 nitrogen and oxygen atoms in total. The molecule has 8 aromatic rings. The van der Waals surface area contributed by atoms with Crippen molar-refractivity contribution in [2.75, 3.05) is 11.9 Å². The molecule has 0 saturated carbocycles. The minimum absolute atomic E-state index is 0.0507. The highest BCUT2D eigenvalue weighted by Gasteiger charge is 2.21. The number of azo groups is 3. The fraction of sp³-hybridized carbons (Fsp3) is 0.0455. The molecule has 0 aliphatic carbocycles. The Kier molecular flexibility index (Phi) is 15.0. The van der Waals surface area contributed by atoms with E-state index in [4.69, 9.17) is 19.6 Å². The Labute approximate surface area is 396 Å². The first-order valence-electron chi connectivity index (χ1n) is 19.6. The zero-order valence-electron chi connectivity index (χ0n) is 34.7. The maximum Gasteiger partial charge on any atom is 0.294 e. The van der Waals surface area contributed by atoms with Gasteiger partial charge in [-0.2, -0.15) is 13.5 Å². The smallest absolute Gasteiger partial charge is 0.294 e. The molecule has 68 heavy (non-hydrogen) atoms. The normalized spacial score (nSPS) is 12.6. The molecule has 0 spiro atoms. The molecule has 8 aromatic carbocycles. The van der Waals surface area contributed by atoms with Crippen LogP contribution in [0.2, 0.25) is 0 Å². The van der Waals surface area contributed by atoms with Gasteiger partial charge >= 0.3 is 0 Å². The molecular weight excluding hydrogens is 963 g/mol. The molecule has 8 rings (SSSR count). The lowest BCUT2D eigenvalue weighted by Gasteiger charge is -2.14. The molecule has 1 atom stereocenters. The SMILES string of the molecule is CCOc1cc(N=Nc2ccc(N=Nc3cccc(SOOO)c3)c3ccc(S(=O)O)cc23)c2cc(S(=O)(=O)O)ccc2c1N=Nc1c(SOOO)cc2cc(Nc3ccccc3)ccc2c1O. The summed E-state index contributed by atoms with van der Waals surface area (Å²) in [6.07, 6.45) is 0. The Hall–Kier alpha value is -6.78. The second-order valence-electron chi connectivity index (χ2n) is 14.0. The number of phenols is 1. The number of para-hydroxylation sites is 1. The third-order valence-corrected chi connectivity index (χ3v) is 12.5. The second kappa shape index (κ2) is 21.5. The summed E-state index contributed by atoms with van der Waals surface area (Å²) in [6, 6.07) is 35.8. The second-order valence-corrected chi connectivity index (χ2v) is 17.9. The third-order valence-electron chi connectivity index (χ3n) is 9.80. The zero-order chi connectivity index (χ0) is 47.8. The van der Waals surface area contributed by atoms with Crippen molar-refractivity contribution in [1.29, 1.82) is 0 Å². The quantitative estimate of drug-likeness (QED) is 0.0116. The summed E-state index contributed by atoms with van der Waals surface area (Å²) in [7, 11) is -4.75. The molecule has 1 unspecified atom stereocenters. The molecule has 0 saturated heterocycles. The molecule has 0 fully saturated rings. The average molecular weight is 996 g/mol. The van der Waals surface area contributed by atoms with Crippen LogP contribution in [0.15, 0.2) is 184 Å². The predicted molar refractivity (Wildman–Crippen MR) is 254 cm³/mol. The van der Waals surface area contributed by atoms with Crippen LogP contribution in [0.5, 0.6) is 11.5 Å². The number of anilines is 2. The molecule has 0 aromatic heterocycles. The van der Waals surface area contributed by atoms with E-state index in [9.17, 15) is 26.8 Å². The van der Waals surface area contributed by atoms with E-state index >= 15 is 0 Å². The lowest BCUT2D eigenvalue weighted by Crippen LogP contribution is -1.98. The van der Waals surface area contributed by atoms with Crippen LogP contribution in [-0.2, 0) is 39.9 Å². The standard InChI is InChI=1S/C44H33N7O13S4/c1-2-60-40-24-39(49-48-38-18-17-37(33-15-12-30(67(55)56)22-35(33)38)47-46-28-9-6-10-29(21-28)65-63-61-53)36-23-31(68(57,58)59)13-16-34(36)42(40)50-51-43-41(66-64-62-54)20-25-19-27(11-14-32(25)44(43)52)45-26-7-4-3-5-8-26/h3-24,45,52-54H,2H2,1H3,(H,55,56)(H,57,58,59). The molecule has 24 heteroatoms. The molecule has 0 bridgehead atoms. The Morgan fingerprint density at radius 3 is 2.07 bits per heavy atom. The molecule has 0 aliphatic rings. The van der Waals surface area contributed by atoms with Gasteiger partial charge in [-0.15, -0.1) is 34.2 Å². The van der Waals surface area contributed by atoms with Crippen LogP contribution in [0, 0.1) is 0 Å². The van der Waals surface area contributed by atoms with Crippen LogP contribution < -0.4 is 10.1 Å². The van der Waals surface area contributed by atoms with Crippen LogP contribution in [-0.4, -0.2) is 44.0 Å². The van der Waals surface area contributed by atoms with Gasteiger partial charge in [0.2, 0.25) is 0 Å². The molecule has 0 amide bonds. The Morgan fingerprint density at radius 1 is 0.632 bits per heavy atom. The van der Waals surface area contributed by atoms with Gasteiger partial charge in [-0.3, -0.25) is 4.55 Å². The number of hydrogen-bond acceptors (Lipinski definition) is 20. The van der Waals surface area contributed by atoms with E-state index in [0.717, 1.165) is 23.8 Å². The van der Waals surface area contributed by atoms with Crippen LogP contribution in [0.1, 0.15) is 6.92 Å². The van der Waals surface area contributed by atoms with Gasteiger partial charge < -0.3 is 19.7 Å². The average Bonchev–Trinajstić information content (AvgIpc) is 3.34. The minimum Gasteiger partial charge on any atom is -0.505 e. The van der Waals surface area contributed by atoms with E-state index in [1.807, 2.05) is 30.3 Å². The van der Waals surface area contributed by atoms with Crippen LogP contribution in [0.25, 0.3) is 32.3 Å². The summed E-state index contributed by atoms with van der Waals surface area (Å²) in [6.45, 7) is 1.83. The van der Waals surface area contributed by atoms with Crippen LogP contribution in [0.3, 0.4) is 0 Å². The van der Waals surface area contributed by atoms with Gasteiger partial charge in [0, 0.05) is 49.3 Å². The van der Waals surface area contributed by atoms with Crippen LogP contribution in [0.4, 0.5) is 45.5 Å². The Balaban J connectivity index is 1.22. The highest BCUT2D eigenvalue weighted by Crippen LogP contribution is 2.48. The Bertz CT molecular complexity index is 3420. The fourth-order valence-electron chi connectivity index (χ4n) is 6.84. The van der Waals surface area contributed by atoms with Crippen molar-refractivity contribution in [2.24, 2.45) is 30.7 Å². The molecule has 0 heterocycles. The van der Waals surface area contributed by atoms with Crippen molar-refractivity contribution in [2.45, 2.75) is 26.5 Å². The largest absolute Gasteiger partial charge is 0.505 e. The summed E-state index contributed by atoms with van der Waals surface area (Å²) >= 11 is -1.10. The van der Waals surface area contributed by atoms with Gasteiger partial charge in [0.15, 0.2) is 16.8 Å². The summed E-state index contributed by atoms with van der Waals surface area (Å²) in [4.78, 5) is 0.298. The van der Waals surface area contributed by atoms with Crippen molar-refractivity contribution < 1.29 is 60.8 Å². The first-order valence-corrected chi connectivity index (χ1v) is 23.6. The minimum atomic E-state index is -4.75. The van der Waals surface area contributed by atoms with Gasteiger partial charge in [-0.05, 0) is 103 Å². The summed E-state index contributed by atoms with van der Waals surface area (Å²) in [5, 5.41) is 68.7. The number of hydrogen-bond donors (Lipinski definition) is 6. The van der Waals surface area contributed by atoms with Crippen molar-refractivity contribution in [3.63, 3.8) is 0 Å². The van der Waals surface area contributed by atoms with Crippen LogP contribution >= 0.6 is 24.1 Å². The van der Waals surface area contributed by atoms with Crippen molar-refractivity contribution >= 4 is 123 Å². The first-order chi connectivity index (χ1) is 32.9. The molecule has 0 radical (unpaired) electrons. The van der Waals surface area contributed by atoms with Crippen molar-refractivity contribution in [3.8, 4) is 11.5 Å². The fourth-order valence-corrected chi connectivity index (χ4v) is 8.65. The van der Waals surface area contributed by atoms with Crippen molar-refractivity contribution in [1.82, 2.24) is 0 Å². The number of nitrogens with zero attached hydrogens (tertiary/aromatic N) is 6. The lowest BCUT2D eigenvalue weighted by atomic mass is 10.1. The van der Waals surface area contributed by atoms with Gasteiger partial charge in [0.25, 0.3) is 10.1 Å². The van der Waals surface area contributed by atoms with E-state index in [0.29, 0.717) is 55.5 Å². The van der Waals surface area contributed by atoms with Gasteiger partial charge in [0.05, 0.1) is 68.1 Å². The predicted octanol–water partition coefficient (Wildman–Crippen LogP) is 13.9. The highest BCUT2D eigenvalue weighted by atomic mass is 32.2. The summed E-state index contributed by atoms with van der Waals surface area (Å²) < 4.78 is 72.5. The number of fused-ring (bicyclic) bond motifs is 3. The molecule has 6 N–H and O–H groups in total. The Morgan fingerprint density at radius 2 is 1.32 bits per heavy atom. The maximum absolute atomic E-state index is 12.5. The number of rotatable bonds is 18. The number of benzene rings is 8. The monoisotopic (exact) mass is 995 g/mol. The van der Waals surface area contributed by atoms with Gasteiger partial charge in [-0.25, -0.2) is 14.7 Å². The number of ether oxygens (including phenoxy) is 1. The van der Waals surface area contributed by atoms with Gasteiger partial charge in [0.1, 0.15) is 17.1 Å². The van der Waals surface area contributed by atoms with Crippen molar-refractivity contribution in [3.05, 3.63) is 133 Å². The highest BCUT2D eigenvalue weighted by molar-refractivity contribution is 7.95. The maximum atomic E-state index is 12.5. The summed E-state index contributed by atoms with van der Waals surface area (Å²) in [5.74, 6) is -0.196. The molecule has 346 valence electrons.